The van der Waals surface area contributed by atoms with E-state index in [1.807, 2.05) is 4.90 Å². The van der Waals surface area contributed by atoms with Crippen LogP contribution in [-0.4, -0.2) is 65.2 Å². The Morgan fingerprint density at radius 2 is 1.84 bits per heavy atom. The first-order valence-electron chi connectivity index (χ1n) is 7.00. The molecule has 6 heteroatoms. The van der Waals surface area contributed by atoms with Crippen LogP contribution in [-0.2, 0) is 4.79 Å². The van der Waals surface area contributed by atoms with Gasteiger partial charge in [-0.3, -0.25) is 9.69 Å². The fraction of sp³-hybridized carbons (Fsp3) is 0.846. The summed E-state index contributed by atoms with van der Waals surface area (Å²) in [6.45, 7) is 5.55. The van der Waals surface area contributed by atoms with Gasteiger partial charge in [0.1, 0.15) is 0 Å². The van der Waals surface area contributed by atoms with Crippen molar-refractivity contribution in [3.05, 3.63) is 0 Å². The predicted octanol–water partition coefficient (Wildman–Crippen LogP) is 0.731. The van der Waals surface area contributed by atoms with Crippen LogP contribution in [0.25, 0.3) is 0 Å². The Hall–Kier alpha value is -1.30. The summed E-state index contributed by atoms with van der Waals surface area (Å²) in [6.07, 6.45) is 3.50. The summed E-state index contributed by atoms with van der Waals surface area (Å²) in [5.41, 5.74) is -0.00246. The van der Waals surface area contributed by atoms with E-state index >= 15 is 0 Å². The summed E-state index contributed by atoms with van der Waals surface area (Å²) in [7, 11) is 0. The van der Waals surface area contributed by atoms with Gasteiger partial charge in [-0.1, -0.05) is 0 Å². The molecule has 2 amide bonds. The molecule has 108 valence electrons. The van der Waals surface area contributed by atoms with Crippen molar-refractivity contribution in [2.24, 2.45) is 0 Å². The molecule has 0 aromatic rings. The number of nitrogens with zero attached hydrogens (tertiary/aromatic N) is 2. The van der Waals surface area contributed by atoms with E-state index in [0.29, 0.717) is 19.6 Å². The summed E-state index contributed by atoms with van der Waals surface area (Å²) in [5, 5.41) is 11.7. The lowest BCUT2D eigenvalue weighted by Crippen LogP contribution is -2.58. The molecule has 2 fully saturated rings. The maximum Gasteiger partial charge on any atom is 0.317 e. The number of hydrogen-bond donors (Lipinski definition) is 2. The fourth-order valence-electron chi connectivity index (χ4n) is 2.60. The fourth-order valence-corrected chi connectivity index (χ4v) is 2.60. The first-order chi connectivity index (χ1) is 8.98. The van der Waals surface area contributed by atoms with Crippen LogP contribution in [0.4, 0.5) is 4.79 Å². The number of aliphatic carboxylic acids is 1. The molecule has 19 heavy (non-hydrogen) atoms. The van der Waals surface area contributed by atoms with Gasteiger partial charge in [0.25, 0.3) is 0 Å². The van der Waals surface area contributed by atoms with Crippen LogP contribution in [0.5, 0.6) is 0 Å². The average molecular weight is 269 g/mol. The molecule has 0 atom stereocenters. The quantitative estimate of drug-likeness (QED) is 0.789. The van der Waals surface area contributed by atoms with Crippen LogP contribution in [0.15, 0.2) is 0 Å². The largest absolute Gasteiger partial charge is 0.481 e. The highest BCUT2D eigenvalue weighted by molar-refractivity contribution is 5.75. The number of carbonyl (C=O) groups is 2. The second-order valence-electron chi connectivity index (χ2n) is 5.82. The van der Waals surface area contributed by atoms with Gasteiger partial charge in [-0.25, -0.2) is 4.79 Å². The molecule has 1 saturated carbocycles. The van der Waals surface area contributed by atoms with Gasteiger partial charge in [0.15, 0.2) is 0 Å². The maximum absolute atomic E-state index is 12.1. The van der Waals surface area contributed by atoms with Crippen LogP contribution >= 0.6 is 0 Å². The second-order valence-corrected chi connectivity index (χ2v) is 5.82. The van der Waals surface area contributed by atoms with Crippen LogP contribution < -0.4 is 5.32 Å². The SMILES string of the molecule is CC1(NC(=O)N2CCN(CCC(=O)O)CC2)CCC1. The van der Waals surface area contributed by atoms with Crippen molar-refractivity contribution in [1.82, 2.24) is 15.1 Å². The van der Waals surface area contributed by atoms with Crippen molar-refractivity contribution >= 4 is 12.0 Å². The molecule has 2 N–H and O–H groups in total. The standard InChI is InChI=1S/C13H23N3O3/c1-13(4-2-5-13)14-12(19)16-9-7-15(8-10-16)6-3-11(17)18/h2-10H2,1H3,(H,14,19)(H,17,18). The molecule has 0 spiro atoms. The van der Waals surface area contributed by atoms with Crippen molar-refractivity contribution < 1.29 is 14.7 Å². The smallest absolute Gasteiger partial charge is 0.317 e. The van der Waals surface area contributed by atoms with Crippen molar-refractivity contribution in [3.63, 3.8) is 0 Å². The van der Waals surface area contributed by atoms with E-state index in [-0.39, 0.29) is 18.0 Å². The van der Waals surface area contributed by atoms with E-state index in [2.05, 4.69) is 17.1 Å². The molecule has 1 heterocycles. The molecule has 0 aromatic carbocycles. The molecule has 1 aliphatic heterocycles. The molecular weight excluding hydrogens is 246 g/mol. The highest BCUT2D eigenvalue weighted by Gasteiger charge is 2.34. The van der Waals surface area contributed by atoms with Gasteiger partial charge in [-0.15, -0.1) is 0 Å². The molecule has 1 saturated heterocycles. The molecular formula is C13H23N3O3. The highest BCUT2D eigenvalue weighted by Crippen LogP contribution is 2.31. The molecule has 1 aliphatic carbocycles. The number of carbonyl (C=O) groups excluding carboxylic acids is 1. The van der Waals surface area contributed by atoms with Crippen LogP contribution in [0, 0.1) is 0 Å². The van der Waals surface area contributed by atoms with Crippen molar-refractivity contribution in [3.8, 4) is 0 Å². The maximum atomic E-state index is 12.1. The number of hydrogen-bond acceptors (Lipinski definition) is 3. The second kappa shape index (κ2) is 5.77. The Bertz CT molecular complexity index is 347. The third kappa shape index (κ3) is 3.83. The van der Waals surface area contributed by atoms with E-state index in [1.165, 1.54) is 6.42 Å². The van der Waals surface area contributed by atoms with Crippen LogP contribution in [0.2, 0.25) is 0 Å². The third-order valence-electron chi connectivity index (χ3n) is 4.17. The lowest BCUT2D eigenvalue weighted by molar-refractivity contribution is -0.137. The first-order valence-corrected chi connectivity index (χ1v) is 7.00. The number of piperazine rings is 1. The summed E-state index contributed by atoms with van der Waals surface area (Å²) < 4.78 is 0. The van der Waals surface area contributed by atoms with Gasteiger partial charge in [0.05, 0.1) is 6.42 Å². The lowest BCUT2D eigenvalue weighted by atomic mass is 9.79. The first kappa shape index (κ1) is 14.1. The highest BCUT2D eigenvalue weighted by atomic mass is 16.4. The number of rotatable bonds is 4. The summed E-state index contributed by atoms with van der Waals surface area (Å²) >= 11 is 0. The molecule has 2 rings (SSSR count). The summed E-state index contributed by atoms with van der Waals surface area (Å²) in [5.74, 6) is -0.766. The minimum Gasteiger partial charge on any atom is -0.481 e. The minimum atomic E-state index is -0.766. The number of carboxylic acid groups (broad SMARTS) is 1. The molecule has 0 aromatic heterocycles. The zero-order chi connectivity index (χ0) is 13.9. The van der Waals surface area contributed by atoms with Gasteiger partial charge in [-0.05, 0) is 26.2 Å². The number of urea groups is 1. The normalized spacial score (nSPS) is 22.7. The van der Waals surface area contributed by atoms with Crippen LogP contribution in [0.3, 0.4) is 0 Å². The van der Waals surface area contributed by atoms with Gasteiger partial charge >= 0.3 is 12.0 Å². The number of nitrogens with one attached hydrogen (secondary N) is 1. The van der Waals surface area contributed by atoms with Gasteiger partial charge in [-0.2, -0.15) is 0 Å². The molecule has 6 nitrogen and oxygen atoms in total. The molecule has 0 unspecified atom stereocenters. The Balaban J connectivity index is 1.70. The van der Waals surface area contributed by atoms with E-state index in [9.17, 15) is 9.59 Å². The van der Waals surface area contributed by atoms with E-state index < -0.39 is 5.97 Å². The molecule has 2 aliphatic rings. The van der Waals surface area contributed by atoms with Gasteiger partial charge in [0, 0.05) is 38.3 Å². The summed E-state index contributed by atoms with van der Waals surface area (Å²) in [6, 6.07) is 0.0279. The van der Waals surface area contributed by atoms with Crippen molar-refractivity contribution in [1.29, 1.82) is 0 Å². The Morgan fingerprint density at radius 3 is 2.32 bits per heavy atom. The van der Waals surface area contributed by atoms with Crippen LogP contribution in [0.1, 0.15) is 32.6 Å². The summed E-state index contributed by atoms with van der Waals surface area (Å²) in [4.78, 5) is 26.5. The lowest BCUT2D eigenvalue weighted by Gasteiger charge is -2.42. The third-order valence-corrected chi connectivity index (χ3v) is 4.17. The molecule has 0 radical (unpaired) electrons. The zero-order valence-electron chi connectivity index (χ0n) is 11.5. The van der Waals surface area contributed by atoms with E-state index in [4.69, 9.17) is 5.11 Å². The van der Waals surface area contributed by atoms with Crippen molar-refractivity contribution in [2.75, 3.05) is 32.7 Å². The van der Waals surface area contributed by atoms with E-state index in [0.717, 1.165) is 25.9 Å². The van der Waals surface area contributed by atoms with E-state index in [1.54, 1.807) is 0 Å². The minimum absolute atomic E-state index is 0.00246. The monoisotopic (exact) mass is 269 g/mol. The predicted molar refractivity (Wildman–Crippen MR) is 71.1 cm³/mol. The number of amides is 2. The molecule has 0 bridgehead atoms. The Labute approximate surface area is 113 Å². The van der Waals surface area contributed by atoms with Gasteiger partial charge < -0.3 is 15.3 Å². The van der Waals surface area contributed by atoms with Crippen molar-refractivity contribution in [2.45, 2.75) is 38.1 Å². The topological polar surface area (TPSA) is 72.9 Å². The number of carboxylic acids is 1. The van der Waals surface area contributed by atoms with Gasteiger partial charge in [0.2, 0.25) is 0 Å². The zero-order valence-corrected chi connectivity index (χ0v) is 11.5. The Kier molecular flexibility index (Phi) is 4.29. The Morgan fingerprint density at radius 1 is 1.21 bits per heavy atom. The average Bonchev–Trinajstić information content (AvgIpc) is 2.35.